The number of carbonyl (C=O) groups is 2. The minimum Gasteiger partial charge on any atom is -0.345 e. The summed E-state index contributed by atoms with van der Waals surface area (Å²) in [6, 6.07) is 21.5. The highest BCUT2D eigenvalue weighted by molar-refractivity contribution is 6.31. The van der Waals surface area contributed by atoms with Crippen molar-refractivity contribution in [3.8, 4) is 0 Å². The molecule has 0 radical (unpaired) electrons. The van der Waals surface area contributed by atoms with Gasteiger partial charge in [0.1, 0.15) is 5.82 Å². The fourth-order valence-corrected chi connectivity index (χ4v) is 2.92. The molecule has 0 bridgehead atoms. The topological polar surface area (TPSA) is 58.2 Å². The van der Waals surface area contributed by atoms with Gasteiger partial charge in [-0.2, -0.15) is 0 Å². The van der Waals surface area contributed by atoms with Crippen molar-refractivity contribution in [1.82, 2.24) is 5.32 Å². The van der Waals surface area contributed by atoms with E-state index in [2.05, 4.69) is 10.6 Å². The van der Waals surface area contributed by atoms with E-state index < -0.39 is 11.9 Å². The molecule has 0 aliphatic carbocycles. The molecule has 4 nitrogen and oxygen atoms in total. The third-order valence-corrected chi connectivity index (χ3v) is 4.43. The average molecular weight is 397 g/mol. The summed E-state index contributed by atoms with van der Waals surface area (Å²) in [5, 5.41) is 5.51. The maximum atomic E-state index is 13.3. The Balaban J connectivity index is 1.74. The molecule has 2 amide bonds. The van der Waals surface area contributed by atoms with E-state index in [1.807, 2.05) is 36.4 Å². The quantitative estimate of drug-likeness (QED) is 0.617. The molecule has 0 fully saturated rings. The molecule has 0 heterocycles. The van der Waals surface area contributed by atoms with Gasteiger partial charge in [-0.3, -0.25) is 9.59 Å². The van der Waals surface area contributed by atoms with E-state index in [1.54, 1.807) is 24.3 Å². The van der Waals surface area contributed by atoms with E-state index in [9.17, 15) is 14.0 Å². The fraction of sp³-hybridized carbons (Fsp3) is 0.0909. The maximum Gasteiger partial charge on any atom is 0.251 e. The first-order chi connectivity index (χ1) is 13.5. The third kappa shape index (κ3) is 5.18. The number of rotatable bonds is 6. The number of nitrogens with one attached hydrogen (secondary N) is 2. The van der Waals surface area contributed by atoms with Gasteiger partial charge in [0, 0.05) is 11.3 Å². The minimum absolute atomic E-state index is 0.0115. The lowest BCUT2D eigenvalue weighted by molar-refractivity contribution is -0.116. The SMILES string of the molecule is O=C(C[C@H](NC(=O)c1ccccc1)c1ccccc1)Nc1ccc(F)c(Cl)c1. The van der Waals surface area contributed by atoms with Gasteiger partial charge in [-0.15, -0.1) is 0 Å². The highest BCUT2D eigenvalue weighted by Crippen LogP contribution is 2.22. The van der Waals surface area contributed by atoms with E-state index in [4.69, 9.17) is 11.6 Å². The van der Waals surface area contributed by atoms with Crippen molar-refractivity contribution in [2.24, 2.45) is 0 Å². The Bertz CT molecular complexity index is 965. The fourth-order valence-electron chi connectivity index (χ4n) is 2.74. The van der Waals surface area contributed by atoms with Crippen LogP contribution in [0.25, 0.3) is 0 Å². The van der Waals surface area contributed by atoms with Gasteiger partial charge in [0.2, 0.25) is 5.91 Å². The van der Waals surface area contributed by atoms with Crippen molar-refractivity contribution in [3.05, 3.63) is 101 Å². The summed E-state index contributed by atoms with van der Waals surface area (Å²) in [6.45, 7) is 0. The first-order valence-corrected chi connectivity index (χ1v) is 9.06. The lowest BCUT2D eigenvalue weighted by Crippen LogP contribution is -2.31. The van der Waals surface area contributed by atoms with Gasteiger partial charge in [-0.1, -0.05) is 60.1 Å². The lowest BCUT2D eigenvalue weighted by atomic mass is 10.0. The van der Waals surface area contributed by atoms with Crippen LogP contribution < -0.4 is 10.6 Å². The number of hydrogen-bond donors (Lipinski definition) is 2. The Morgan fingerprint density at radius 3 is 2.21 bits per heavy atom. The van der Waals surface area contributed by atoms with Crippen LogP contribution in [0.1, 0.15) is 28.4 Å². The molecular formula is C22H18ClFN2O2. The number of amides is 2. The summed E-state index contributed by atoms with van der Waals surface area (Å²) in [4.78, 5) is 25.1. The Morgan fingerprint density at radius 2 is 1.57 bits per heavy atom. The highest BCUT2D eigenvalue weighted by atomic mass is 35.5. The van der Waals surface area contributed by atoms with Crippen LogP contribution in [0.15, 0.2) is 78.9 Å². The predicted molar refractivity (Wildman–Crippen MR) is 108 cm³/mol. The third-order valence-electron chi connectivity index (χ3n) is 4.14. The molecule has 3 rings (SSSR count). The summed E-state index contributed by atoms with van der Waals surface area (Å²) >= 11 is 5.75. The van der Waals surface area contributed by atoms with Crippen LogP contribution in [0.3, 0.4) is 0 Å². The van der Waals surface area contributed by atoms with Gasteiger partial charge < -0.3 is 10.6 Å². The number of anilines is 1. The molecule has 0 saturated heterocycles. The summed E-state index contributed by atoms with van der Waals surface area (Å²) < 4.78 is 13.3. The van der Waals surface area contributed by atoms with Crippen molar-refractivity contribution in [2.45, 2.75) is 12.5 Å². The minimum atomic E-state index is -0.558. The standard InChI is InChI=1S/C22H18ClFN2O2/c23-18-13-17(11-12-19(18)24)25-21(27)14-20(15-7-3-1-4-8-15)26-22(28)16-9-5-2-6-10-16/h1-13,20H,14H2,(H,25,27)(H,26,28)/t20-/m0/s1. The largest absolute Gasteiger partial charge is 0.345 e. The molecule has 6 heteroatoms. The molecule has 142 valence electrons. The number of halogens is 2. The van der Waals surface area contributed by atoms with E-state index in [0.29, 0.717) is 11.3 Å². The van der Waals surface area contributed by atoms with Crippen LogP contribution in [-0.2, 0) is 4.79 Å². The van der Waals surface area contributed by atoms with Gasteiger partial charge in [0.15, 0.2) is 0 Å². The summed E-state index contributed by atoms with van der Waals surface area (Å²) in [6.07, 6.45) is 0.0115. The Hall–Kier alpha value is -3.18. The van der Waals surface area contributed by atoms with Crippen LogP contribution in [0.4, 0.5) is 10.1 Å². The second-order valence-corrected chi connectivity index (χ2v) is 6.59. The van der Waals surface area contributed by atoms with Crippen LogP contribution in [0.5, 0.6) is 0 Å². The Labute approximate surface area is 167 Å². The van der Waals surface area contributed by atoms with Gasteiger partial charge in [0.05, 0.1) is 17.5 Å². The number of benzene rings is 3. The van der Waals surface area contributed by atoms with Gasteiger partial charge >= 0.3 is 0 Å². The zero-order valence-electron chi connectivity index (χ0n) is 14.9. The molecule has 0 aliphatic rings. The zero-order chi connectivity index (χ0) is 19.9. The monoisotopic (exact) mass is 396 g/mol. The lowest BCUT2D eigenvalue weighted by Gasteiger charge is -2.19. The van der Waals surface area contributed by atoms with E-state index in [-0.39, 0.29) is 23.3 Å². The van der Waals surface area contributed by atoms with Crippen LogP contribution in [0, 0.1) is 5.82 Å². The molecule has 0 aromatic heterocycles. The molecule has 0 unspecified atom stereocenters. The normalized spacial score (nSPS) is 11.5. The van der Waals surface area contributed by atoms with Crippen molar-refractivity contribution >= 4 is 29.1 Å². The average Bonchev–Trinajstić information content (AvgIpc) is 2.71. The van der Waals surface area contributed by atoms with Gasteiger partial charge in [-0.25, -0.2) is 4.39 Å². The Kier molecular flexibility index (Phi) is 6.40. The van der Waals surface area contributed by atoms with Crippen molar-refractivity contribution < 1.29 is 14.0 Å². The zero-order valence-corrected chi connectivity index (χ0v) is 15.6. The summed E-state index contributed by atoms with van der Waals surface area (Å²) in [5.74, 6) is -1.16. The first kappa shape index (κ1) is 19.6. The van der Waals surface area contributed by atoms with Crippen LogP contribution in [-0.4, -0.2) is 11.8 Å². The van der Waals surface area contributed by atoms with Gasteiger partial charge in [0.25, 0.3) is 5.91 Å². The van der Waals surface area contributed by atoms with Crippen molar-refractivity contribution in [1.29, 1.82) is 0 Å². The molecule has 1 atom stereocenters. The van der Waals surface area contributed by atoms with Gasteiger partial charge in [-0.05, 0) is 35.9 Å². The maximum absolute atomic E-state index is 13.3. The van der Waals surface area contributed by atoms with Crippen LogP contribution in [0.2, 0.25) is 5.02 Å². The summed E-state index contributed by atoms with van der Waals surface area (Å²) in [5.41, 5.74) is 1.70. The number of hydrogen-bond acceptors (Lipinski definition) is 2. The van der Waals surface area contributed by atoms with Crippen molar-refractivity contribution in [2.75, 3.05) is 5.32 Å². The van der Waals surface area contributed by atoms with E-state index >= 15 is 0 Å². The van der Waals surface area contributed by atoms with Crippen molar-refractivity contribution in [3.63, 3.8) is 0 Å². The second-order valence-electron chi connectivity index (χ2n) is 6.18. The molecule has 0 spiro atoms. The van der Waals surface area contributed by atoms with E-state index in [0.717, 1.165) is 5.56 Å². The second kappa shape index (κ2) is 9.15. The first-order valence-electron chi connectivity index (χ1n) is 8.68. The Morgan fingerprint density at radius 1 is 0.929 bits per heavy atom. The summed E-state index contributed by atoms with van der Waals surface area (Å²) in [7, 11) is 0. The molecule has 0 aliphatic heterocycles. The highest BCUT2D eigenvalue weighted by Gasteiger charge is 2.19. The molecule has 2 N–H and O–H groups in total. The smallest absolute Gasteiger partial charge is 0.251 e. The van der Waals surface area contributed by atoms with E-state index in [1.165, 1.54) is 18.2 Å². The molecule has 3 aromatic rings. The predicted octanol–water partition coefficient (Wildman–Crippen LogP) is 4.98. The molecule has 3 aromatic carbocycles. The van der Waals surface area contributed by atoms with Crippen LogP contribution >= 0.6 is 11.6 Å². The molecule has 0 saturated carbocycles. The number of carbonyl (C=O) groups excluding carboxylic acids is 2. The molecule has 28 heavy (non-hydrogen) atoms. The molecular weight excluding hydrogens is 379 g/mol.